The van der Waals surface area contributed by atoms with E-state index in [-0.39, 0.29) is 11.3 Å². The van der Waals surface area contributed by atoms with Gasteiger partial charge < -0.3 is 19.2 Å². The Bertz CT molecular complexity index is 555. The first-order chi connectivity index (χ1) is 9.89. The van der Waals surface area contributed by atoms with Crippen LogP contribution in [0, 0.1) is 12.3 Å². The molecule has 1 aromatic heterocycles. The Morgan fingerprint density at radius 1 is 1.33 bits per heavy atom. The fourth-order valence-electron chi connectivity index (χ4n) is 3.40. The van der Waals surface area contributed by atoms with Crippen LogP contribution in [0.1, 0.15) is 53.8 Å². The summed E-state index contributed by atoms with van der Waals surface area (Å²) in [6.45, 7) is 8.43. The molecule has 116 valence electrons. The van der Waals surface area contributed by atoms with Crippen molar-refractivity contribution in [2.45, 2.75) is 39.7 Å². The van der Waals surface area contributed by atoms with Gasteiger partial charge in [-0.05, 0) is 18.8 Å². The van der Waals surface area contributed by atoms with E-state index < -0.39 is 6.10 Å². The minimum atomic E-state index is -0.543. The number of carbonyl (C=O) groups is 1. The first-order valence-corrected chi connectivity index (χ1v) is 7.56. The van der Waals surface area contributed by atoms with E-state index in [0.29, 0.717) is 38.5 Å². The van der Waals surface area contributed by atoms with Crippen molar-refractivity contribution in [3.8, 4) is 0 Å². The normalized spacial score (nSPS) is 24.8. The molecular weight excluding hydrogens is 270 g/mol. The number of rotatable bonds is 1. The zero-order valence-corrected chi connectivity index (χ0v) is 12.9. The van der Waals surface area contributed by atoms with Crippen LogP contribution in [-0.2, 0) is 11.2 Å². The molecule has 0 unspecified atom stereocenters. The van der Waals surface area contributed by atoms with Crippen molar-refractivity contribution in [1.82, 2.24) is 4.90 Å². The van der Waals surface area contributed by atoms with Crippen LogP contribution in [0.3, 0.4) is 0 Å². The standard InChI is InChI=1S/C16H23NO4/c1-10-13-11(18)8-16(2,3)9-12(13)21-14(10)15(19)17-4-6-20-7-5-17/h11,18H,4-9H2,1-3H3/t11-/m1/s1. The average molecular weight is 293 g/mol. The van der Waals surface area contributed by atoms with Gasteiger partial charge in [0.1, 0.15) is 5.76 Å². The minimum absolute atomic E-state index is 0.00398. The summed E-state index contributed by atoms with van der Waals surface area (Å²) in [7, 11) is 0. The number of fused-ring (bicyclic) bond motifs is 1. The van der Waals surface area contributed by atoms with E-state index in [1.807, 2.05) is 6.92 Å². The highest BCUT2D eigenvalue weighted by Gasteiger charge is 2.37. The molecule has 0 aromatic carbocycles. The zero-order chi connectivity index (χ0) is 15.2. The fourth-order valence-corrected chi connectivity index (χ4v) is 3.40. The summed E-state index contributed by atoms with van der Waals surface area (Å²) < 4.78 is 11.1. The lowest BCUT2D eigenvalue weighted by Gasteiger charge is -2.31. The third-order valence-electron chi connectivity index (χ3n) is 4.48. The van der Waals surface area contributed by atoms with Crippen molar-refractivity contribution in [3.63, 3.8) is 0 Å². The van der Waals surface area contributed by atoms with Gasteiger partial charge in [0.15, 0.2) is 5.76 Å². The number of morpholine rings is 1. The highest BCUT2D eigenvalue weighted by atomic mass is 16.5. The average Bonchev–Trinajstić information content (AvgIpc) is 2.74. The summed E-state index contributed by atoms with van der Waals surface area (Å²) in [5.41, 5.74) is 1.62. The number of amides is 1. The van der Waals surface area contributed by atoms with Crippen LogP contribution in [-0.4, -0.2) is 42.2 Å². The molecule has 1 N–H and O–H groups in total. The lowest BCUT2D eigenvalue weighted by atomic mass is 9.75. The number of ether oxygens (including phenoxy) is 1. The van der Waals surface area contributed by atoms with Gasteiger partial charge in [0.05, 0.1) is 19.3 Å². The predicted molar refractivity (Wildman–Crippen MR) is 77.2 cm³/mol. The summed E-state index contributed by atoms with van der Waals surface area (Å²) in [5.74, 6) is 1.07. The summed E-state index contributed by atoms with van der Waals surface area (Å²) >= 11 is 0. The summed E-state index contributed by atoms with van der Waals surface area (Å²) in [6.07, 6.45) is 0.918. The Morgan fingerprint density at radius 3 is 2.67 bits per heavy atom. The van der Waals surface area contributed by atoms with Crippen molar-refractivity contribution in [2.24, 2.45) is 5.41 Å². The number of aliphatic hydroxyl groups is 1. The molecule has 21 heavy (non-hydrogen) atoms. The molecule has 5 heteroatoms. The lowest BCUT2D eigenvalue weighted by molar-refractivity contribution is 0.0280. The van der Waals surface area contributed by atoms with Crippen molar-refractivity contribution < 1.29 is 19.1 Å². The van der Waals surface area contributed by atoms with Gasteiger partial charge in [-0.15, -0.1) is 0 Å². The first-order valence-electron chi connectivity index (χ1n) is 7.56. The van der Waals surface area contributed by atoms with Crippen molar-refractivity contribution >= 4 is 5.91 Å². The second-order valence-corrected chi connectivity index (χ2v) is 6.86. The van der Waals surface area contributed by atoms with Crippen LogP contribution in [0.2, 0.25) is 0 Å². The maximum Gasteiger partial charge on any atom is 0.290 e. The molecule has 1 fully saturated rings. The summed E-state index contributed by atoms with van der Waals surface area (Å²) in [5, 5.41) is 10.4. The van der Waals surface area contributed by atoms with Crippen LogP contribution < -0.4 is 0 Å². The van der Waals surface area contributed by atoms with Crippen LogP contribution in [0.25, 0.3) is 0 Å². The van der Waals surface area contributed by atoms with E-state index in [0.717, 1.165) is 23.3 Å². The van der Waals surface area contributed by atoms with Crippen LogP contribution in [0.5, 0.6) is 0 Å². The molecular formula is C16H23NO4. The van der Waals surface area contributed by atoms with E-state index in [1.54, 1.807) is 4.90 Å². The van der Waals surface area contributed by atoms with Crippen molar-refractivity contribution in [2.75, 3.05) is 26.3 Å². The minimum Gasteiger partial charge on any atom is -0.455 e. The Morgan fingerprint density at radius 2 is 2.00 bits per heavy atom. The number of hydrogen-bond acceptors (Lipinski definition) is 4. The van der Waals surface area contributed by atoms with Gasteiger partial charge in [-0.25, -0.2) is 0 Å². The molecule has 0 bridgehead atoms. The molecule has 1 aromatic rings. The molecule has 1 aliphatic carbocycles. The number of furan rings is 1. The third kappa shape index (κ3) is 2.60. The molecule has 2 aliphatic rings. The first kappa shape index (κ1) is 14.6. The quantitative estimate of drug-likeness (QED) is 0.861. The van der Waals surface area contributed by atoms with Crippen molar-refractivity contribution in [3.05, 3.63) is 22.6 Å². The van der Waals surface area contributed by atoms with Gasteiger partial charge in [-0.3, -0.25) is 4.79 Å². The molecule has 1 saturated heterocycles. The second-order valence-electron chi connectivity index (χ2n) is 6.86. The van der Waals surface area contributed by atoms with E-state index in [9.17, 15) is 9.90 Å². The van der Waals surface area contributed by atoms with Crippen LogP contribution >= 0.6 is 0 Å². The molecule has 3 rings (SSSR count). The van der Waals surface area contributed by atoms with Gasteiger partial charge in [0, 0.05) is 30.6 Å². The van der Waals surface area contributed by atoms with Gasteiger partial charge in [-0.2, -0.15) is 0 Å². The SMILES string of the molecule is Cc1c(C(=O)N2CCOCC2)oc2c1[C@H](O)CC(C)(C)C2. The predicted octanol–water partition coefficient (Wildman–Crippen LogP) is 2.07. The number of nitrogens with zero attached hydrogens (tertiary/aromatic N) is 1. The lowest BCUT2D eigenvalue weighted by Crippen LogP contribution is -2.40. The zero-order valence-electron chi connectivity index (χ0n) is 12.9. The smallest absolute Gasteiger partial charge is 0.290 e. The van der Waals surface area contributed by atoms with Gasteiger partial charge >= 0.3 is 0 Å². The highest BCUT2D eigenvalue weighted by Crippen LogP contribution is 2.44. The van der Waals surface area contributed by atoms with Gasteiger partial charge in [0.2, 0.25) is 0 Å². The maximum absolute atomic E-state index is 12.6. The fraction of sp³-hybridized carbons (Fsp3) is 0.688. The van der Waals surface area contributed by atoms with E-state index in [2.05, 4.69) is 13.8 Å². The van der Waals surface area contributed by atoms with Crippen LogP contribution in [0.4, 0.5) is 0 Å². The Hall–Kier alpha value is -1.33. The Labute approximate surface area is 124 Å². The van der Waals surface area contributed by atoms with Gasteiger partial charge in [-0.1, -0.05) is 13.8 Å². The van der Waals surface area contributed by atoms with Crippen LogP contribution in [0.15, 0.2) is 4.42 Å². The number of hydrogen-bond donors (Lipinski definition) is 1. The second kappa shape index (κ2) is 5.14. The molecule has 0 spiro atoms. The third-order valence-corrected chi connectivity index (χ3v) is 4.48. The van der Waals surface area contributed by atoms with E-state index in [1.165, 1.54) is 0 Å². The maximum atomic E-state index is 12.6. The summed E-state index contributed by atoms with van der Waals surface area (Å²) in [6, 6.07) is 0. The topological polar surface area (TPSA) is 62.9 Å². The van der Waals surface area contributed by atoms with E-state index >= 15 is 0 Å². The van der Waals surface area contributed by atoms with Gasteiger partial charge in [0.25, 0.3) is 5.91 Å². The molecule has 1 aliphatic heterocycles. The van der Waals surface area contributed by atoms with Crippen molar-refractivity contribution in [1.29, 1.82) is 0 Å². The number of carbonyl (C=O) groups excluding carboxylic acids is 1. The molecule has 1 atom stereocenters. The molecule has 1 amide bonds. The molecule has 5 nitrogen and oxygen atoms in total. The monoisotopic (exact) mass is 293 g/mol. The molecule has 0 saturated carbocycles. The highest BCUT2D eigenvalue weighted by molar-refractivity contribution is 5.93. The summed E-state index contributed by atoms with van der Waals surface area (Å²) in [4.78, 5) is 14.4. The van der Waals surface area contributed by atoms with E-state index in [4.69, 9.17) is 9.15 Å². The number of aliphatic hydroxyl groups excluding tert-OH is 1. The Balaban J connectivity index is 1.93. The Kier molecular flexibility index (Phi) is 3.58. The molecule has 2 heterocycles. The molecule has 0 radical (unpaired) electrons. The largest absolute Gasteiger partial charge is 0.455 e.